The molecule has 1 aliphatic heterocycles. The van der Waals surface area contributed by atoms with Crippen molar-refractivity contribution in [2.24, 2.45) is 0 Å². The summed E-state index contributed by atoms with van der Waals surface area (Å²) in [5.74, 6) is -0.531. The summed E-state index contributed by atoms with van der Waals surface area (Å²) in [6.07, 6.45) is -1.07. The van der Waals surface area contributed by atoms with Crippen LogP contribution in [0.3, 0.4) is 0 Å². The van der Waals surface area contributed by atoms with E-state index in [4.69, 9.17) is 11.6 Å². The number of imidazole rings is 1. The van der Waals surface area contributed by atoms with Gasteiger partial charge >= 0.3 is 6.18 Å². The lowest BCUT2D eigenvalue weighted by Crippen LogP contribution is -2.33. The van der Waals surface area contributed by atoms with Crippen molar-refractivity contribution in [3.63, 3.8) is 0 Å². The Morgan fingerprint density at radius 2 is 2.00 bits per heavy atom. The third-order valence-corrected chi connectivity index (χ3v) is 6.31. The highest BCUT2D eigenvalue weighted by Gasteiger charge is 2.34. The van der Waals surface area contributed by atoms with Crippen molar-refractivity contribution in [2.45, 2.75) is 32.2 Å². The molecule has 0 aromatic carbocycles. The maximum Gasteiger partial charge on any atom is 0.418 e. The van der Waals surface area contributed by atoms with Crippen LogP contribution in [-0.2, 0) is 19.3 Å². The Morgan fingerprint density at radius 3 is 2.76 bits per heavy atom. The number of alkyl halides is 3. The fraction of sp³-hybridized carbons (Fsp3) is 0.316. The molecule has 0 saturated heterocycles. The number of carbonyl (C=O) groups excluding carboxylic acids is 2. The lowest BCUT2D eigenvalue weighted by Gasteiger charge is -2.18. The number of nitrogens with one attached hydrogen (secondary N) is 3. The van der Waals surface area contributed by atoms with Crippen LogP contribution < -0.4 is 16.0 Å². The first-order valence-electron chi connectivity index (χ1n) is 9.69. The molecule has 4 rings (SSSR count). The first-order valence-corrected chi connectivity index (χ1v) is 10.9. The molecular formula is C19H17ClF3N7O2S. The van der Waals surface area contributed by atoms with Crippen LogP contribution in [0.5, 0.6) is 0 Å². The number of rotatable bonds is 5. The summed E-state index contributed by atoms with van der Waals surface area (Å²) in [5.41, 5.74) is -0.671. The van der Waals surface area contributed by atoms with Crippen molar-refractivity contribution in [1.82, 2.24) is 30.2 Å². The molecule has 33 heavy (non-hydrogen) atoms. The standard InChI is InChI=1S/C19H17ClF3N7O2S/c1-9(28-16(31)12-6-26-15-8-24-2-3-30(12)15)18-27-7-13(33-18)17(32)29-14-4-10(19(21,22)23)11(20)5-25-14/h4-7,9,24H,2-3,8H2,1H3,(H,28,31)(H,25,29,32)/t9-/m1/s1. The summed E-state index contributed by atoms with van der Waals surface area (Å²) in [7, 11) is 0. The largest absolute Gasteiger partial charge is 0.418 e. The first kappa shape index (κ1) is 23.1. The molecule has 4 heterocycles. The monoisotopic (exact) mass is 499 g/mol. The van der Waals surface area contributed by atoms with Crippen LogP contribution >= 0.6 is 22.9 Å². The molecule has 0 fully saturated rings. The van der Waals surface area contributed by atoms with Crippen LogP contribution in [0.15, 0.2) is 24.7 Å². The molecule has 0 aliphatic carbocycles. The Balaban J connectivity index is 1.43. The molecule has 0 bridgehead atoms. The van der Waals surface area contributed by atoms with Crippen LogP contribution in [0.4, 0.5) is 19.0 Å². The number of fused-ring (bicyclic) bond motifs is 1. The molecule has 2 amide bonds. The van der Waals surface area contributed by atoms with Gasteiger partial charge in [-0.3, -0.25) is 9.59 Å². The van der Waals surface area contributed by atoms with Gasteiger partial charge in [0.25, 0.3) is 11.8 Å². The van der Waals surface area contributed by atoms with E-state index in [2.05, 4.69) is 30.9 Å². The highest BCUT2D eigenvalue weighted by molar-refractivity contribution is 7.13. The van der Waals surface area contributed by atoms with Gasteiger partial charge in [-0.1, -0.05) is 11.6 Å². The third-order valence-electron chi connectivity index (χ3n) is 4.83. The van der Waals surface area contributed by atoms with Crippen molar-refractivity contribution in [2.75, 3.05) is 11.9 Å². The molecule has 0 unspecified atom stereocenters. The molecule has 0 spiro atoms. The number of hydrogen-bond donors (Lipinski definition) is 3. The zero-order valence-corrected chi connectivity index (χ0v) is 18.6. The van der Waals surface area contributed by atoms with Crippen molar-refractivity contribution >= 4 is 40.6 Å². The Labute approximate surface area is 194 Å². The minimum absolute atomic E-state index is 0.143. The number of amides is 2. The summed E-state index contributed by atoms with van der Waals surface area (Å²) in [6, 6.07) is 0.148. The van der Waals surface area contributed by atoms with E-state index in [-0.39, 0.29) is 16.6 Å². The lowest BCUT2D eigenvalue weighted by molar-refractivity contribution is -0.137. The average molecular weight is 500 g/mol. The predicted molar refractivity (Wildman–Crippen MR) is 114 cm³/mol. The maximum absolute atomic E-state index is 13.0. The van der Waals surface area contributed by atoms with E-state index in [1.165, 1.54) is 12.4 Å². The zero-order chi connectivity index (χ0) is 23.8. The minimum Gasteiger partial charge on any atom is -0.342 e. The summed E-state index contributed by atoms with van der Waals surface area (Å²) < 4.78 is 40.9. The summed E-state index contributed by atoms with van der Waals surface area (Å²) in [4.78, 5) is 37.4. The van der Waals surface area contributed by atoms with Crippen LogP contribution in [-0.4, -0.2) is 37.9 Å². The molecule has 0 radical (unpaired) electrons. The molecule has 174 valence electrons. The van der Waals surface area contributed by atoms with E-state index >= 15 is 0 Å². The SMILES string of the molecule is C[C@@H](NC(=O)c1cnc2n1CCNC2)c1ncc(C(=O)Nc2cc(C(F)(F)F)c(Cl)cn2)s1. The Kier molecular flexibility index (Phi) is 6.36. The van der Waals surface area contributed by atoms with Gasteiger partial charge in [-0.15, -0.1) is 11.3 Å². The van der Waals surface area contributed by atoms with E-state index in [9.17, 15) is 22.8 Å². The molecule has 3 aromatic heterocycles. The van der Waals surface area contributed by atoms with Gasteiger partial charge in [0, 0.05) is 19.3 Å². The molecule has 3 aromatic rings. The van der Waals surface area contributed by atoms with Crippen molar-refractivity contribution in [1.29, 1.82) is 0 Å². The average Bonchev–Trinajstić information content (AvgIpc) is 3.42. The smallest absolute Gasteiger partial charge is 0.342 e. The maximum atomic E-state index is 13.0. The van der Waals surface area contributed by atoms with Gasteiger partial charge in [0.2, 0.25) is 0 Å². The predicted octanol–water partition coefficient (Wildman–Crippen LogP) is 3.25. The Morgan fingerprint density at radius 1 is 1.21 bits per heavy atom. The van der Waals surface area contributed by atoms with Gasteiger partial charge in [0.15, 0.2) is 0 Å². The molecular weight excluding hydrogens is 483 g/mol. The number of nitrogens with zero attached hydrogens (tertiary/aromatic N) is 4. The number of pyridine rings is 1. The summed E-state index contributed by atoms with van der Waals surface area (Å²) in [6.45, 7) is 3.66. The van der Waals surface area contributed by atoms with Gasteiger partial charge < -0.3 is 20.5 Å². The Bertz CT molecular complexity index is 1210. The van der Waals surface area contributed by atoms with Crippen molar-refractivity contribution in [3.8, 4) is 0 Å². The van der Waals surface area contributed by atoms with Crippen LogP contribution in [0, 0.1) is 0 Å². The van der Waals surface area contributed by atoms with Gasteiger partial charge in [-0.25, -0.2) is 15.0 Å². The second kappa shape index (κ2) is 9.08. The van der Waals surface area contributed by atoms with Gasteiger partial charge in [0.05, 0.1) is 35.6 Å². The molecule has 1 atom stereocenters. The van der Waals surface area contributed by atoms with E-state index in [1.807, 2.05) is 4.57 Å². The highest BCUT2D eigenvalue weighted by atomic mass is 35.5. The van der Waals surface area contributed by atoms with E-state index in [0.717, 1.165) is 29.9 Å². The quantitative estimate of drug-likeness (QED) is 0.496. The van der Waals surface area contributed by atoms with E-state index in [0.29, 0.717) is 29.9 Å². The number of thiazole rings is 1. The van der Waals surface area contributed by atoms with Crippen molar-refractivity contribution in [3.05, 3.63) is 56.6 Å². The summed E-state index contributed by atoms with van der Waals surface area (Å²) in [5, 5.41) is 8.19. The highest BCUT2D eigenvalue weighted by Crippen LogP contribution is 2.35. The van der Waals surface area contributed by atoms with Crippen LogP contribution in [0.25, 0.3) is 0 Å². The molecule has 14 heteroatoms. The number of hydrogen-bond acceptors (Lipinski definition) is 7. The summed E-state index contributed by atoms with van der Waals surface area (Å²) >= 11 is 6.55. The van der Waals surface area contributed by atoms with Gasteiger partial charge in [-0.05, 0) is 13.0 Å². The topological polar surface area (TPSA) is 114 Å². The van der Waals surface area contributed by atoms with Gasteiger partial charge in [0.1, 0.15) is 27.2 Å². The molecule has 1 aliphatic rings. The van der Waals surface area contributed by atoms with Gasteiger partial charge in [-0.2, -0.15) is 13.2 Å². The second-order valence-electron chi connectivity index (χ2n) is 7.15. The third kappa shape index (κ3) is 4.99. The molecule has 9 nitrogen and oxygen atoms in total. The van der Waals surface area contributed by atoms with E-state index < -0.39 is 28.7 Å². The number of aromatic nitrogens is 4. The van der Waals surface area contributed by atoms with Crippen LogP contribution in [0.2, 0.25) is 5.02 Å². The molecule has 3 N–H and O–H groups in total. The first-order chi connectivity index (χ1) is 15.6. The lowest BCUT2D eigenvalue weighted by atomic mass is 10.2. The number of anilines is 1. The number of carbonyl (C=O) groups is 2. The van der Waals surface area contributed by atoms with Crippen molar-refractivity contribution < 1.29 is 22.8 Å². The Hall–Kier alpha value is -3.03. The normalized spacial score (nSPS) is 14.5. The second-order valence-corrected chi connectivity index (χ2v) is 8.62. The molecule has 0 saturated carbocycles. The number of halogens is 4. The fourth-order valence-corrected chi connectivity index (χ4v) is 4.23. The van der Waals surface area contributed by atoms with Crippen LogP contribution in [0.1, 0.15) is 49.5 Å². The van der Waals surface area contributed by atoms with E-state index in [1.54, 1.807) is 6.92 Å². The minimum atomic E-state index is -4.68. The zero-order valence-electron chi connectivity index (χ0n) is 17.0. The fourth-order valence-electron chi connectivity index (χ4n) is 3.20.